The number of carbonyl (C=O) groups is 1. The largest absolute Gasteiger partial charge is 0.299 e. The molecule has 5 saturated carbocycles. The van der Waals surface area contributed by atoms with Crippen LogP contribution >= 0.6 is 0 Å². The lowest BCUT2D eigenvalue weighted by atomic mass is 9.30. The second-order valence-electron chi connectivity index (χ2n) is 15.7. The van der Waals surface area contributed by atoms with Crippen molar-refractivity contribution in [2.24, 2.45) is 62.1 Å². The quantitative estimate of drug-likeness (QED) is 0.368. The molecule has 0 aromatic carbocycles. The fourth-order valence-corrected chi connectivity index (χ4v) is 12.6. The highest BCUT2D eigenvalue weighted by molar-refractivity contribution is 5.87. The van der Waals surface area contributed by atoms with Crippen LogP contribution < -0.4 is 0 Å². The topological polar surface area (TPSA) is 17.1 Å². The molecule has 5 aliphatic rings. The molecule has 5 fully saturated rings. The first-order valence-electron chi connectivity index (χ1n) is 14.2. The summed E-state index contributed by atoms with van der Waals surface area (Å²) in [5, 5.41) is 0. The zero-order valence-corrected chi connectivity index (χ0v) is 22.9. The van der Waals surface area contributed by atoms with Gasteiger partial charge in [-0.2, -0.15) is 0 Å². The summed E-state index contributed by atoms with van der Waals surface area (Å²) < 4.78 is 0. The van der Waals surface area contributed by atoms with Gasteiger partial charge in [0.25, 0.3) is 0 Å². The molecule has 5 rings (SSSR count). The van der Waals surface area contributed by atoms with Crippen LogP contribution in [0, 0.1) is 62.1 Å². The van der Waals surface area contributed by atoms with Gasteiger partial charge in [-0.1, -0.05) is 68.7 Å². The van der Waals surface area contributed by atoms with Crippen molar-refractivity contribution in [1.29, 1.82) is 0 Å². The van der Waals surface area contributed by atoms with Gasteiger partial charge in [0.1, 0.15) is 5.78 Å². The summed E-state index contributed by atoms with van der Waals surface area (Å²) in [6.45, 7) is 22.8. The lowest BCUT2D eigenvalue weighted by Crippen LogP contribution is -2.68. The standard InChI is InChI=1S/C31H52O/c1-20-19-29(7)22(27(4,5)25(20)32)14-18-31(9)24(29)12-11-23-28(6)16-10-15-26(2,3)21(28)13-17-30(23,31)8/h20-24H,10-19H2,1-9H3/t20-,21-,22-,23+,24+,28-,29-,30+,31+/m0/s1. The minimum atomic E-state index is -0.150. The molecule has 0 saturated heterocycles. The first kappa shape index (κ1) is 23.4. The van der Waals surface area contributed by atoms with E-state index in [9.17, 15) is 4.79 Å². The van der Waals surface area contributed by atoms with E-state index in [2.05, 4.69) is 62.3 Å². The minimum Gasteiger partial charge on any atom is -0.299 e. The monoisotopic (exact) mass is 440 g/mol. The van der Waals surface area contributed by atoms with Gasteiger partial charge in [-0.15, -0.1) is 0 Å². The maximum atomic E-state index is 13.2. The third-order valence-electron chi connectivity index (χ3n) is 13.9. The summed E-state index contributed by atoms with van der Waals surface area (Å²) in [6, 6.07) is 0. The molecule has 0 aromatic heterocycles. The lowest BCUT2D eigenvalue weighted by molar-refractivity contribution is -0.255. The van der Waals surface area contributed by atoms with Crippen molar-refractivity contribution in [2.45, 2.75) is 127 Å². The highest BCUT2D eigenvalue weighted by Crippen LogP contribution is 2.78. The Morgan fingerprint density at radius 1 is 0.625 bits per heavy atom. The highest BCUT2D eigenvalue weighted by atomic mass is 16.1. The minimum absolute atomic E-state index is 0.150. The van der Waals surface area contributed by atoms with Crippen LogP contribution in [0.2, 0.25) is 0 Å². The van der Waals surface area contributed by atoms with Crippen LogP contribution in [0.5, 0.6) is 0 Å². The van der Waals surface area contributed by atoms with E-state index in [4.69, 9.17) is 0 Å². The van der Waals surface area contributed by atoms with E-state index in [-0.39, 0.29) is 11.3 Å². The van der Waals surface area contributed by atoms with Gasteiger partial charge in [0.2, 0.25) is 0 Å². The predicted octanol–water partition coefficient (Wildman–Crippen LogP) is 8.70. The molecule has 5 aliphatic carbocycles. The average Bonchev–Trinajstić information content (AvgIpc) is 2.66. The van der Waals surface area contributed by atoms with E-state index in [1.54, 1.807) is 0 Å². The number of rotatable bonds is 0. The summed E-state index contributed by atoms with van der Waals surface area (Å²) in [6.07, 6.45) is 13.8. The van der Waals surface area contributed by atoms with Gasteiger partial charge in [-0.3, -0.25) is 4.79 Å². The molecular weight excluding hydrogens is 388 g/mol. The molecule has 0 N–H and O–H groups in total. The van der Waals surface area contributed by atoms with Gasteiger partial charge in [0.05, 0.1) is 0 Å². The number of Topliss-reactive ketones (excluding diaryl/α,β-unsaturated/α-hetero) is 1. The molecule has 0 bridgehead atoms. The first-order valence-corrected chi connectivity index (χ1v) is 14.2. The molecule has 0 spiro atoms. The molecule has 0 aromatic rings. The molecule has 32 heavy (non-hydrogen) atoms. The third-order valence-corrected chi connectivity index (χ3v) is 13.9. The molecule has 0 aliphatic heterocycles. The van der Waals surface area contributed by atoms with Crippen LogP contribution in [-0.2, 0) is 4.79 Å². The smallest absolute Gasteiger partial charge is 0.141 e. The van der Waals surface area contributed by atoms with Gasteiger partial charge in [0, 0.05) is 11.3 Å². The Bertz CT molecular complexity index is 807. The Labute approximate surface area is 199 Å². The molecule has 0 amide bonds. The van der Waals surface area contributed by atoms with Crippen molar-refractivity contribution in [3.8, 4) is 0 Å². The summed E-state index contributed by atoms with van der Waals surface area (Å²) in [7, 11) is 0. The van der Waals surface area contributed by atoms with Gasteiger partial charge in [-0.05, 0) is 109 Å². The molecule has 1 nitrogen and oxygen atoms in total. The van der Waals surface area contributed by atoms with Crippen LogP contribution in [0.4, 0.5) is 0 Å². The van der Waals surface area contributed by atoms with Gasteiger partial charge < -0.3 is 0 Å². The van der Waals surface area contributed by atoms with Gasteiger partial charge in [0.15, 0.2) is 0 Å². The maximum Gasteiger partial charge on any atom is 0.141 e. The SMILES string of the molecule is C[C@H]1C[C@]2(C)[C@H]3CC[C@@H]4[C@@]5(C)CCCC(C)(C)[C@@H]5CC[C@@]4(C)[C@]3(C)CC[C@H]2C(C)(C)C1=O. The fourth-order valence-electron chi connectivity index (χ4n) is 12.6. The lowest BCUT2D eigenvalue weighted by Gasteiger charge is -2.74. The number of carbonyl (C=O) groups excluding carboxylic acids is 1. The summed E-state index contributed by atoms with van der Waals surface area (Å²) in [5.74, 6) is 3.90. The van der Waals surface area contributed by atoms with Crippen molar-refractivity contribution >= 4 is 5.78 Å². The Morgan fingerprint density at radius 3 is 1.75 bits per heavy atom. The average molecular weight is 441 g/mol. The molecule has 182 valence electrons. The molecule has 0 radical (unpaired) electrons. The summed E-state index contributed by atoms with van der Waals surface area (Å²) in [5.41, 5.74) is 2.09. The van der Waals surface area contributed by atoms with Crippen LogP contribution in [0.1, 0.15) is 127 Å². The zero-order valence-electron chi connectivity index (χ0n) is 22.9. The highest BCUT2D eigenvalue weighted by Gasteiger charge is 2.71. The molecule has 0 heterocycles. The molecule has 9 atom stereocenters. The maximum absolute atomic E-state index is 13.2. The Balaban J connectivity index is 1.56. The van der Waals surface area contributed by atoms with E-state index in [0.29, 0.717) is 38.8 Å². The van der Waals surface area contributed by atoms with Gasteiger partial charge in [-0.25, -0.2) is 0 Å². The summed E-state index contributed by atoms with van der Waals surface area (Å²) in [4.78, 5) is 13.2. The van der Waals surface area contributed by atoms with Crippen molar-refractivity contribution in [3.05, 3.63) is 0 Å². The number of hydrogen-bond acceptors (Lipinski definition) is 1. The molecule has 0 unspecified atom stereocenters. The Morgan fingerprint density at radius 2 is 1.16 bits per heavy atom. The predicted molar refractivity (Wildman–Crippen MR) is 134 cm³/mol. The number of fused-ring (bicyclic) bond motifs is 7. The normalized spacial score (nSPS) is 56.4. The number of hydrogen-bond donors (Lipinski definition) is 0. The molecular formula is C31H52O. The van der Waals surface area contributed by atoms with Crippen LogP contribution in [-0.4, -0.2) is 5.78 Å². The van der Waals surface area contributed by atoms with E-state index in [1.165, 1.54) is 57.8 Å². The van der Waals surface area contributed by atoms with E-state index < -0.39 is 0 Å². The van der Waals surface area contributed by atoms with Gasteiger partial charge >= 0.3 is 0 Å². The van der Waals surface area contributed by atoms with E-state index >= 15 is 0 Å². The van der Waals surface area contributed by atoms with Crippen molar-refractivity contribution < 1.29 is 4.79 Å². The second-order valence-corrected chi connectivity index (χ2v) is 15.7. The number of ketones is 1. The summed E-state index contributed by atoms with van der Waals surface area (Å²) >= 11 is 0. The Hall–Kier alpha value is -0.330. The van der Waals surface area contributed by atoms with Crippen molar-refractivity contribution in [3.63, 3.8) is 0 Å². The Kier molecular flexibility index (Phi) is 4.87. The second kappa shape index (κ2) is 6.66. The zero-order chi connectivity index (χ0) is 23.5. The van der Waals surface area contributed by atoms with Crippen LogP contribution in [0.3, 0.4) is 0 Å². The molecule has 1 heteroatoms. The van der Waals surface area contributed by atoms with E-state index in [0.717, 1.165) is 24.2 Å². The van der Waals surface area contributed by atoms with Crippen LogP contribution in [0.25, 0.3) is 0 Å². The van der Waals surface area contributed by atoms with Crippen molar-refractivity contribution in [1.82, 2.24) is 0 Å². The fraction of sp³-hybridized carbons (Fsp3) is 0.968. The van der Waals surface area contributed by atoms with Crippen molar-refractivity contribution in [2.75, 3.05) is 0 Å². The first-order chi connectivity index (χ1) is 14.6. The third kappa shape index (κ3) is 2.61. The van der Waals surface area contributed by atoms with E-state index in [1.807, 2.05) is 0 Å². The van der Waals surface area contributed by atoms with Crippen LogP contribution in [0.15, 0.2) is 0 Å².